The third-order valence-corrected chi connectivity index (χ3v) is 4.59. The normalized spacial score (nSPS) is 15.6. The number of aromatic nitrogens is 2. The molecule has 1 aliphatic heterocycles. The average molecular weight is 358 g/mol. The highest BCUT2D eigenvalue weighted by Crippen LogP contribution is 2.42. The first kappa shape index (κ1) is 16.7. The Morgan fingerprint density at radius 1 is 1.19 bits per heavy atom. The number of H-pyrrole nitrogens is 1. The number of hydrogen-bond acceptors (Lipinski definition) is 5. The molecular weight excluding hydrogens is 340 g/mol. The van der Waals surface area contributed by atoms with Crippen LogP contribution in [0.2, 0.25) is 0 Å². The van der Waals surface area contributed by atoms with Crippen molar-refractivity contribution in [1.29, 1.82) is 5.26 Å². The number of allylic oxidation sites excluding steroid dienone is 1. The maximum atomic E-state index is 9.59. The van der Waals surface area contributed by atoms with Gasteiger partial charge in [-0.25, -0.2) is 0 Å². The molecule has 1 aliphatic rings. The smallest absolute Gasteiger partial charge is 0.244 e. The summed E-state index contributed by atoms with van der Waals surface area (Å²) in [6, 6.07) is 19.8. The fraction of sp³-hybridized carbons (Fsp3) is 0.143. The number of ether oxygens (including phenoxy) is 2. The van der Waals surface area contributed by atoms with E-state index in [1.807, 2.05) is 61.5 Å². The van der Waals surface area contributed by atoms with Crippen molar-refractivity contribution in [2.24, 2.45) is 5.73 Å². The molecule has 0 radical (unpaired) electrons. The van der Waals surface area contributed by atoms with Gasteiger partial charge in [-0.2, -0.15) is 5.26 Å². The first-order chi connectivity index (χ1) is 13.2. The van der Waals surface area contributed by atoms with Crippen LogP contribution in [0.4, 0.5) is 0 Å². The van der Waals surface area contributed by atoms with Gasteiger partial charge in [0.15, 0.2) is 0 Å². The van der Waals surface area contributed by atoms with Crippen molar-refractivity contribution in [3.05, 3.63) is 88.4 Å². The van der Waals surface area contributed by atoms with Gasteiger partial charge in [0.25, 0.3) is 0 Å². The Labute approximate surface area is 156 Å². The molecule has 1 aromatic heterocycles. The average Bonchev–Trinajstić information content (AvgIpc) is 3.07. The zero-order valence-electron chi connectivity index (χ0n) is 14.8. The van der Waals surface area contributed by atoms with Crippen LogP contribution < -0.4 is 15.2 Å². The van der Waals surface area contributed by atoms with Crippen molar-refractivity contribution >= 4 is 0 Å². The van der Waals surface area contributed by atoms with Gasteiger partial charge in [0.1, 0.15) is 24.0 Å². The first-order valence-electron chi connectivity index (χ1n) is 8.56. The Kier molecular flexibility index (Phi) is 4.27. The number of aromatic amines is 1. The molecule has 0 saturated heterocycles. The van der Waals surface area contributed by atoms with Crippen LogP contribution in [0.1, 0.15) is 28.3 Å². The zero-order chi connectivity index (χ0) is 18.8. The van der Waals surface area contributed by atoms with Gasteiger partial charge in [-0.15, -0.1) is 5.10 Å². The van der Waals surface area contributed by atoms with E-state index < -0.39 is 0 Å². The fourth-order valence-corrected chi connectivity index (χ4v) is 3.23. The minimum atomic E-state index is -0.319. The summed E-state index contributed by atoms with van der Waals surface area (Å²) in [4.78, 5) is 0. The van der Waals surface area contributed by atoms with Crippen LogP contribution in [0.3, 0.4) is 0 Å². The van der Waals surface area contributed by atoms with E-state index in [0.717, 1.165) is 28.1 Å². The van der Waals surface area contributed by atoms with E-state index in [4.69, 9.17) is 15.2 Å². The molecule has 0 spiro atoms. The van der Waals surface area contributed by atoms with Crippen LogP contribution in [0, 0.1) is 18.3 Å². The maximum Gasteiger partial charge on any atom is 0.244 e. The van der Waals surface area contributed by atoms with E-state index in [-0.39, 0.29) is 11.8 Å². The number of hydrogen-bond donors (Lipinski definition) is 2. The molecule has 0 saturated carbocycles. The number of fused-ring (bicyclic) bond motifs is 1. The summed E-state index contributed by atoms with van der Waals surface area (Å²) in [5, 5.41) is 16.6. The van der Waals surface area contributed by atoms with Crippen LogP contribution in [0.5, 0.6) is 11.6 Å². The molecular formula is C21H18N4O2. The van der Waals surface area contributed by atoms with Gasteiger partial charge >= 0.3 is 0 Å². The number of nitrogens with zero attached hydrogens (tertiary/aromatic N) is 2. The highest BCUT2D eigenvalue weighted by atomic mass is 16.5. The highest BCUT2D eigenvalue weighted by molar-refractivity contribution is 5.55. The summed E-state index contributed by atoms with van der Waals surface area (Å²) in [5.74, 6) is 0.944. The van der Waals surface area contributed by atoms with Crippen LogP contribution >= 0.6 is 0 Å². The molecule has 2 aromatic carbocycles. The molecule has 4 rings (SSSR count). The molecule has 6 nitrogen and oxygen atoms in total. The molecule has 134 valence electrons. The van der Waals surface area contributed by atoms with Gasteiger partial charge in [-0.3, -0.25) is 5.10 Å². The molecule has 0 aliphatic carbocycles. The molecule has 2 heterocycles. The van der Waals surface area contributed by atoms with E-state index in [1.54, 1.807) is 0 Å². The monoisotopic (exact) mass is 358 g/mol. The minimum absolute atomic E-state index is 0.0888. The Hall–Kier alpha value is -3.72. The van der Waals surface area contributed by atoms with Crippen molar-refractivity contribution in [3.63, 3.8) is 0 Å². The minimum Gasteiger partial charge on any atom is -0.489 e. The van der Waals surface area contributed by atoms with Gasteiger partial charge in [0, 0.05) is 11.3 Å². The lowest BCUT2D eigenvalue weighted by Crippen LogP contribution is -2.21. The second-order valence-electron chi connectivity index (χ2n) is 6.34. The summed E-state index contributed by atoms with van der Waals surface area (Å²) < 4.78 is 11.3. The van der Waals surface area contributed by atoms with Crippen molar-refractivity contribution < 1.29 is 9.47 Å². The largest absolute Gasteiger partial charge is 0.489 e. The number of nitrogens with two attached hydrogens (primary N) is 1. The number of nitrogens with one attached hydrogen (secondary N) is 1. The molecule has 27 heavy (non-hydrogen) atoms. The third kappa shape index (κ3) is 3.11. The van der Waals surface area contributed by atoms with Crippen LogP contribution in [-0.4, -0.2) is 10.2 Å². The topological polar surface area (TPSA) is 97.0 Å². The van der Waals surface area contributed by atoms with E-state index in [9.17, 15) is 5.26 Å². The summed E-state index contributed by atoms with van der Waals surface area (Å²) in [6.07, 6.45) is 0. The number of nitriles is 1. The summed E-state index contributed by atoms with van der Waals surface area (Å²) in [6.45, 7) is 2.40. The second-order valence-corrected chi connectivity index (χ2v) is 6.34. The van der Waals surface area contributed by atoms with Gasteiger partial charge in [-0.05, 0) is 30.2 Å². The van der Waals surface area contributed by atoms with Crippen molar-refractivity contribution in [2.45, 2.75) is 19.4 Å². The van der Waals surface area contributed by atoms with E-state index in [1.165, 1.54) is 0 Å². The SMILES string of the molecule is Cc1[nH]nc2c1[C@H](c1ccc(OCc3ccccc3)cc1)C(C#N)=C(N)O2. The van der Waals surface area contributed by atoms with Crippen molar-refractivity contribution in [1.82, 2.24) is 10.2 Å². The molecule has 3 aromatic rings. The standard InChI is InChI=1S/C21H18N4O2/c1-13-18-19(17(11-22)20(23)27-21(18)25-24-13)15-7-9-16(10-8-15)26-12-14-5-3-2-4-6-14/h2-10,19H,12,23H2,1H3,(H,24,25)/t19-/m1/s1. The number of rotatable bonds is 4. The maximum absolute atomic E-state index is 9.59. The Bertz CT molecular complexity index is 1030. The molecule has 6 heteroatoms. The molecule has 0 bridgehead atoms. The lowest BCUT2D eigenvalue weighted by Gasteiger charge is -2.23. The first-order valence-corrected chi connectivity index (χ1v) is 8.56. The van der Waals surface area contributed by atoms with Gasteiger partial charge < -0.3 is 15.2 Å². The quantitative estimate of drug-likeness (QED) is 0.744. The summed E-state index contributed by atoms with van der Waals surface area (Å²) in [7, 11) is 0. The third-order valence-electron chi connectivity index (χ3n) is 4.59. The highest BCUT2D eigenvalue weighted by Gasteiger charge is 2.34. The summed E-state index contributed by atoms with van der Waals surface area (Å²) >= 11 is 0. The van der Waals surface area contributed by atoms with Crippen molar-refractivity contribution in [2.75, 3.05) is 0 Å². The molecule has 1 atom stereocenters. The van der Waals surface area contributed by atoms with Gasteiger partial charge in [0.2, 0.25) is 11.8 Å². The molecule has 0 unspecified atom stereocenters. The zero-order valence-corrected chi connectivity index (χ0v) is 14.8. The Morgan fingerprint density at radius 3 is 2.63 bits per heavy atom. The molecule has 0 fully saturated rings. The predicted octanol–water partition coefficient (Wildman–Crippen LogP) is 3.52. The van der Waals surface area contributed by atoms with Crippen LogP contribution in [0.25, 0.3) is 0 Å². The lowest BCUT2D eigenvalue weighted by molar-refractivity contribution is 0.306. The summed E-state index contributed by atoms with van der Waals surface area (Å²) in [5.41, 5.74) is 10.0. The van der Waals surface area contributed by atoms with Gasteiger partial charge in [-0.1, -0.05) is 42.5 Å². The fourth-order valence-electron chi connectivity index (χ4n) is 3.23. The van der Waals surface area contributed by atoms with E-state index in [2.05, 4.69) is 16.3 Å². The van der Waals surface area contributed by atoms with E-state index >= 15 is 0 Å². The Morgan fingerprint density at radius 2 is 1.93 bits per heavy atom. The van der Waals surface area contributed by atoms with Crippen LogP contribution in [-0.2, 0) is 6.61 Å². The molecule has 0 amide bonds. The molecule has 3 N–H and O–H groups in total. The van der Waals surface area contributed by atoms with Gasteiger partial charge in [0.05, 0.1) is 5.92 Å². The number of benzene rings is 2. The van der Waals surface area contributed by atoms with Crippen LogP contribution in [0.15, 0.2) is 66.1 Å². The second kappa shape index (κ2) is 6.89. The van der Waals surface area contributed by atoms with Crippen molar-refractivity contribution in [3.8, 4) is 17.7 Å². The number of aryl methyl sites for hydroxylation is 1. The van der Waals surface area contributed by atoms with E-state index in [0.29, 0.717) is 18.1 Å². The Balaban J connectivity index is 1.61. The predicted molar refractivity (Wildman–Crippen MR) is 99.8 cm³/mol. The lowest BCUT2D eigenvalue weighted by atomic mass is 9.84.